The number of nitrogens with one attached hydrogen (secondary N) is 1. The van der Waals surface area contributed by atoms with Crippen LogP contribution in [0.2, 0.25) is 0 Å². The van der Waals surface area contributed by atoms with E-state index in [1.165, 1.54) is 11.0 Å². The largest absolute Gasteiger partial charge is 0.444 e. The lowest BCUT2D eigenvalue weighted by atomic mass is 10.1. The SMILES string of the molecule is Cc1cc(CNC(=O)[C@H]2CCCN2C(=O)OC(C)(C)C)ccc1F. The predicted octanol–water partition coefficient (Wildman–Crippen LogP) is 3.15. The Kier molecular flexibility index (Phi) is 5.47. The third-order valence-corrected chi connectivity index (χ3v) is 3.87. The minimum Gasteiger partial charge on any atom is -0.444 e. The Labute approximate surface area is 142 Å². The van der Waals surface area contributed by atoms with E-state index in [-0.39, 0.29) is 11.7 Å². The number of carbonyl (C=O) groups excluding carboxylic acids is 2. The molecule has 0 spiro atoms. The maximum Gasteiger partial charge on any atom is 0.410 e. The number of hydrogen-bond acceptors (Lipinski definition) is 3. The molecule has 0 aromatic heterocycles. The molecule has 1 aromatic rings. The number of nitrogens with zero attached hydrogens (tertiary/aromatic N) is 1. The van der Waals surface area contributed by atoms with E-state index in [1.807, 2.05) is 0 Å². The lowest BCUT2D eigenvalue weighted by Crippen LogP contribution is -2.47. The molecule has 0 saturated carbocycles. The van der Waals surface area contributed by atoms with Crippen LogP contribution in [0.1, 0.15) is 44.7 Å². The molecule has 0 unspecified atom stereocenters. The minimum atomic E-state index is -0.591. The van der Waals surface area contributed by atoms with Gasteiger partial charge in [0.1, 0.15) is 17.5 Å². The number of ether oxygens (including phenoxy) is 1. The van der Waals surface area contributed by atoms with Crippen molar-refractivity contribution >= 4 is 12.0 Å². The monoisotopic (exact) mass is 336 g/mol. The number of amides is 2. The number of likely N-dealkylation sites (tertiary alicyclic amines) is 1. The molecule has 1 saturated heterocycles. The fourth-order valence-electron chi connectivity index (χ4n) is 2.70. The molecule has 1 heterocycles. The molecule has 24 heavy (non-hydrogen) atoms. The van der Waals surface area contributed by atoms with Gasteiger partial charge in [-0.05, 0) is 57.7 Å². The Morgan fingerprint density at radius 3 is 2.71 bits per heavy atom. The number of rotatable bonds is 3. The van der Waals surface area contributed by atoms with Crippen molar-refractivity contribution in [3.05, 3.63) is 35.1 Å². The molecular weight excluding hydrogens is 311 g/mol. The number of halogens is 1. The molecule has 1 aromatic carbocycles. The molecule has 5 nitrogen and oxygen atoms in total. The first kappa shape index (κ1) is 18.2. The third kappa shape index (κ3) is 4.69. The summed E-state index contributed by atoms with van der Waals surface area (Å²) in [6.45, 7) is 7.90. The molecule has 0 bridgehead atoms. The van der Waals surface area contributed by atoms with Crippen molar-refractivity contribution in [3.63, 3.8) is 0 Å². The van der Waals surface area contributed by atoms with E-state index >= 15 is 0 Å². The van der Waals surface area contributed by atoms with Crippen molar-refractivity contribution in [1.82, 2.24) is 10.2 Å². The molecule has 1 N–H and O–H groups in total. The highest BCUT2D eigenvalue weighted by Crippen LogP contribution is 2.21. The predicted molar refractivity (Wildman–Crippen MR) is 88.9 cm³/mol. The summed E-state index contributed by atoms with van der Waals surface area (Å²) < 4.78 is 18.6. The van der Waals surface area contributed by atoms with Gasteiger partial charge in [0.25, 0.3) is 0 Å². The fourth-order valence-corrected chi connectivity index (χ4v) is 2.70. The van der Waals surface area contributed by atoms with Crippen LogP contribution < -0.4 is 5.32 Å². The summed E-state index contributed by atoms with van der Waals surface area (Å²) in [6, 6.07) is 4.22. The van der Waals surface area contributed by atoms with E-state index in [4.69, 9.17) is 4.74 Å². The van der Waals surface area contributed by atoms with Crippen LogP contribution in [-0.2, 0) is 16.1 Å². The Bertz CT molecular complexity index is 625. The van der Waals surface area contributed by atoms with Crippen molar-refractivity contribution in [2.45, 2.75) is 58.7 Å². The van der Waals surface area contributed by atoms with Gasteiger partial charge >= 0.3 is 6.09 Å². The zero-order valence-corrected chi connectivity index (χ0v) is 14.7. The van der Waals surface area contributed by atoms with E-state index < -0.39 is 17.7 Å². The van der Waals surface area contributed by atoms with Gasteiger partial charge in [0, 0.05) is 13.1 Å². The van der Waals surface area contributed by atoms with Crippen LogP contribution in [0.4, 0.5) is 9.18 Å². The quantitative estimate of drug-likeness (QED) is 0.922. The summed E-state index contributed by atoms with van der Waals surface area (Å²) >= 11 is 0. The van der Waals surface area contributed by atoms with Gasteiger partial charge in [-0.2, -0.15) is 0 Å². The standard InChI is InChI=1S/C18H25FN2O3/c1-12-10-13(7-8-14(12)19)11-20-16(22)15-6-5-9-21(15)17(23)24-18(2,3)4/h7-8,10,15H,5-6,9,11H2,1-4H3,(H,20,22)/t15-/m1/s1. The molecule has 1 aliphatic heterocycles. The molecule has 132 valence electrons. The number of carbonyl (C=O) groups is 2. The van der Waals surface area contributed by atoms with Gasteiger partial charge in [-0.25, -0.2) is 9.18 Å². The van der Waals surface area contributed by atoms with Crippen LogP contribution in [0.25, 0.3) is 0 Å². The lowest BCUT2D eigenvalue weighted by molar-refractivity contribution is -0.125. The van der Waals surface area contributed by atoms with E-state index in [1.54, 1.807) is 39.8 Å². The van der Waals surface area contributed by atoms with Gasteiger partial charge in [0.2, 0.25) is 5.91 Å². The fraction of sp³-hybridized carbons (Fsp3) is 0.556. The van der Waals surface area contributed by atoms with Crippen molar-refractivity contribution in [2.24, 2.45) is 0 Å². The molecule has 0 radical (unpaired) electrons. The summed E-state index contributed by atoms with van der Waals surface area (Å²) in [5.74, 6) is -0.475. The summed E-state index contributed by atoms with van der Waals surface area (Å²) in [4.78, 5) is 26.1. The van der Waals surface area contributed by atoms with E-state index in [0.29, 0.717) is 25.1 Å². The van der Waals surface area contributed by atoms with Gasteiger partial charge in [0.05, 0.1) is 0 Å². The van der Waals surface area contributed by atoms with Gasteiger partial charge in [-0.1, -0.05) is 12.1 Å². The maximum absolute atomic E-state index is 13.3. The highest BCUT2D eigenvalue weighted by Gasteiger charge is 2.36. The second-order valence-electron chi connectivity index (χ2n) is 7.13. The summed E-state index contributed by atoms with van der Waals surface area (Å²) in [6.07, 6.45) is 0.929. The van der Waals surface area contributed by atoms with E-state index in [9.17, 15) is 14.0 Å². The summed E-state index contributed by atoms with van der Waals surface area (Å²) in [7, 11) is 0. The second-order valence-corrected chi connectivity index (χ2v) is 7.13. The van der Waals surface area contributed by atoms with Crippen LogP contribution in [0.5, 0.6) is 0 Å². The highest BCUT2D eigenvalue weighted by atomic mass is 19.1. The van der Waals surface area contributed by atoms with Gasteiger partial charge in [-0.3, -0.25) is 9.69 Å². The van der Waals surface area contributed by atoms with Crippen molar-refractivity contribution < 1.29 is 18.7 Å². The van der Waals surface area contributed by atoms with Gasteiger partial charge in [0.15, 0.2) is 0 Å². The Morgan fingerprint density at radius 1 is 1.38 bits per heavy atom. The molecule has 1 fully saturated rings. The second kappa shape index (κ2) is 7.20. The van der Waals surface area contributed by atoms with E-state index in [0.717, 1.165) is 12.0 Å². The summed E-state index contributed by atoms with van der Waals surface area (Å²) in [5.41, 5.74) is 0.772. The first-order chi connectivity index (χ1) is 11.2. The Hall–Kier alpha value is -2.11. The number of hydrogen-bond donors (Lipinski definition) is 1. The zero-order valence-electron chi connectivity index (χ0n) is 14.7. The molecule has 1 aliphatic rings. The van der Waals surface area contributed by atoms with Crippen molar-refractivity contribution in [1.29, 1.82) is 0 Å². The van der Waals surface area contributed by atoms with Crippen molar-refractivity contribution in [3.8, 4) is 0 Å². The van der Waals surface area contributed by atoms with Crippen LogP contribution in [-0.4, -0.2) is 35.1 Å². The topological polar surface area (TPSA) is 58.6 Å². The van der Waals surface area contributed by atoms with Crippen LogP contribution in [0.15, 0.2) is 18.2 Å². The average Bonchev–Trinajstić information content (AvgIpc) is 2.96. The van der Waals surface area contributed by atoms with Gasteiger partial charge in [-0.15, -0.1) is 0 Å². The first-order valence-electron chi connectivity index (χ1n) is 8.20. The average molecular weight is 336 g/mol. The highest BCUT2D eigenvalue weighted by molar-refractivity contribution is 5.86. The van der Waals surface area contributed by atoms with E-state index in [2.05, 4.69) is 5.32 Å². The lowest BCUT2D eigenvalue weighted by Gasteiger charge is -2.28. The Balaban J connectivity index is 1.95. The molecule has 1 atom stereocenters. The minimum absolute atomic E-state index is 0.208. The molecule has 6 heteroatoms. The number of aryl methyl sites for hydroxylation is 1. The molecule has 0 aliphatic carbocycles. The van der Waals surface area contributed by atoms with Crippen molar-refractivity contribution in [2.75, 3.05) is 6.54 Å². The van der Waals surface area contributed by atoms with Gasteiger partial charge < -0.3 is 10.1 Å². The van der Waals surface area contributed by atoms with Crippen LogP contribution >= 0.6 is 0 Å². The normalized spacial score (nSPS) is 17.7. The summed E-state index contributed by atoms with van der Waals surface area (Å²) in [5, 5.41) is 2.82. The zero-order chi connectivity index (χ0) is 17.9. The Morgan fingerprint density at radius 2 is 2.08 bits per heavy atom. The molecule has 2 rings (SSSR count). The van der Waals surface area contributed by atoms with Crippen LogP contribution in [0.3, 0.4) is 0 Å². The molecule has 2 amide bonds. The van der Waals surface area contributed by atoms with Crippen LogP contribution in [0, 0.1) is 12.7 Å². The maximum atomic E-state index is 13.3. The number of benzene rings is 1. The molecular formula is C18H25FN2O3. The third-order valence-electron chi connectivity index (χ3n) is 3.87. The first-order valence-corrected chi connectivity index (χ1v) is 8.20. The smallest absolute Gasteiger partial charge is 0.410 e.